The average molecular weight is 393 g/mol. The van der Waals surface area contributed by atoms with Crippen molar-refractivity contribution in [3.05, 3.63) is 65.2 Å². The number of hydrogen-bond acceptors (Lipinski definition) is 3. The third kappa shape index (κ3) is 5.03. The summed E-state index contributed by atoms with van der Waals surface area (Å²) < 4.78 is 42.9. The lowest BCUT2D eigenvalue weighted by molar-refractivity contribution is -0.139. The Labute approximate surface area is 159 Å². The van der Waals surface area contributed by atoms with Gasteiger partial charge in [-0.05, 0) is 47.7 Å². The van der Waals surface area contributed by atoms with E-state index in [0.29, 0.717) is 12.2 Å². The van der Waals surface area contributed by atoms with Gasteiger partial charge in [0.2, 0.25) is 5.91 Å². The van der Waals surface area contributed by atoms with Gasteiger partial charge >= 0.3 is 12.1 Å². The van der Waals surface area contributed by atoms with Gasteiger partial charge in [-0.15, -0.1) is 0 Å². The molecule has 2 atom stereocenters. The van der Waals surface area contributed by atoms with Gasteiger partial charge < -0.3 is 15.2 Å². The molecule has 0 radical (unpaired) electrons. The fourth-order valence-corrected chi connectivity index (χ4v) is 2.98. The number of rotatable bonds is 7. The number of aliphatic carboxylic acids is 1. The van der Waals surface area contributed by atoms with Crippen LogP contribution in [0.25, 0.3) is 0 Å². The van der Waals surface area contributed by atoms with Gasteiger partial charge in [-0.1, -0.05) is 24.3 Å². The van der Waals surface area contributed by atoms with Gasteiger partial charge in [0, 0.05) is 12.5 Å². The number of hydrogen-bond donors (Lipinski definition) is 2. The van der Waals surface area contributed by atoms with E-state index in [1.807, 2.05) is 0 Å². The Morgan fingerprint density at radius 3 is 2.50 bits per heavy atom. The highest BCUT2D eigenvalue weighted by molar-refractivity contribution is 5.82. The molecule has 148 valence electrons. The van der Waals surface area contributed by atoms with E-state index >= 15 is 0 Å². The van der Waals surface area contributed by atoms with E-state index in [-0.39, 0.29) is 24.3 Å². The van der Waals surface area contributed by atoms with Gasteiger partial charge in [0.15, 0.2) is 6.61 Å². The number of halogens is 3. The van der Waals surface area contributed by atoms with E-state index in [1.165, 1.54) is 12.1 Å². The van der Waals surface area contributed by atoms with Crippen molar-refractivity contribution in [1.29, 1.82) is 0 Å². The second kappa shape index (κ2) is 7.92. The van der Waals surface area contributed by atoms with Crippen LogP contribution in [0.3, 0.4) is 0 Å². The molecule has 28 heavy (non-hydrogen) atoms. The van der Waals surface area contributed by atoms with Gasteiger partial charge in [-0.2, -0.15) is 13.2 Å². The SMILES string of the molecule is O=C(O)COc1cccc(CNC(=O)C2CC2c2ccc(C(F)(F)F)cc2)c1. The quantitative estimate of drug-likeness (QED) is 0.754. The highest BCUT2D eigenvalue weighted by Crippen LogP contribution is 2.48. The topological polar surface area (TPSA) is 75.6 Å². The first-order chi connectivity index (χ1) is 13.2. The molecule has 0 bridgehead atoms. The van der Waals surface area contributed by atoms with Crippen molar-refractivity contribution in [2.75, 3.05) is 6.61 Å². The van der Waals surface area contributed by atoms with Crippen LogP contribution in [0.15, 0.2) is 48.5 Å². The van der Waals surface area contributed by atoms with Crippen molar-refractivity contribution < 1.29 is 32.6 Å². The van der Waals surface area contributed by atoms with E-state index in [9.17, 15) is 22.8 Å². The van der Waals surface area contributed by atoms with Gasteiger partial charge in [0.1, 0.15) is 5.75 Å². The van der Waals surface area contributed by atoms with Crippen molar-refractivity contribution >= 4 is 11.9 Å². The lowest BCUT2D eigenvalue weighted by Crippen LogP contribution is -2.24. The molecule has 2 N–H and O–H groups in total. The van der Waals surface area contributed by atoms with Gasteiger partial charge in [0.05, 0.1) is 5.56 Å². The van der Waals surface area contributed by atoms with E-state index in [0.717, 1.165) is 23.3 Å². The summed E-state index contributed by atoms with van der Waals surface area (Å²) in [6.07, 6.45) is -3.78. The summed E-state index contributed by atoms with van der Waals surface area (Å²) >= 11 is 0. The molecular formula is C20H18F3NO4. The molecule has 2 aromatic rings. The second-order valence-corrected chi connectivity index (χ2v) is 6.62. The number of ether oxygens (including phenoxy) is 1. The molecule has 3 rings (SSSR count). The number of amides is 1. The standard InChI is InChI=1S/C20H18F3NO4/c21-20(22,23)14-6-4-13(5-7-14)16-9-17(16)19(27)24-10-12-2-1-3-15(8-12)28-11-18(25)26/h1-8,16-17H,9-11H2,(H,24,27)(H,25,26). The van der Waals surface area contributed by atoms with Crippen LogP contribution in [0.5, 0.6) is 5.75 Å². The van der Waals surface area contributed by atoms with Crippen molar-refractivity contribution in [1.82, 2.24) is 5.32 Å². The molecule has 1 amide bonds. The van der Waals surface area contributed by atoms with Gasteiger partial charge in [-0.25, -0.2) is 4.79 Å². The molecule has 0 aromatic heterocycles. The predicted octanol–water partition coefficient (Wildman–Crippen LogP) is 3.59. The summed E-state index contributed by atoms with van der Waals surface area (Å²) in [4.78, 5) is 22.8. The lowest BCUT2D eigenvalue weighted by Gasteiger charge is -2.09. The summed E-state index contributed by atoms with van der Waals surface area (Å²) in [5.74, 6) is -1.19. The Bertz CT molecular complexity index is 864. The Kier molecular flexibility index (Phi) is 5.58. The van der Waals surface area contributed by atoms with Crippen LogP contribution in [0.2, 0.25) is 0 Å². The molecule has 1 fully saturated rings. The van der Waals surface area contributed by atoms with Crippen molar-refractivity contribution in [2.24, 2.45) is 5.92 Å². The molecule has 2 aromatic carbocycles. The first-order valence-electron chi connectivity index (χ1n) is 8.62. The summed E-state index contributed by atoms with van der Waals surface area (Å²) in [5, 5.41) is 11.4. The smallest absolute Gasteiger partial charge is 0.416 e. The monoisotopic (exact) mass is 393 g/mol. The van der Waals surface area contributed by atoms with E-state index in [2.05, 4.69) is 5.32 Å². The van der Waals surface area contributed by atoms with Crippen molar-refractivity contribution in [3.63, 3.8) is 0 Å². The van der Waals surface area contributed by atoms with Crippen LogP contribution < -0.4 is 10.1 Å². The Hall–Kier alpha value is -3.03. The van der Waals surface area contributed by atoms with E-state index < -0.39 is 24.3 Å². The van der Waals surface area contributed by atoms with Gasteiger partial charge in [0.25, 0.3) is 0 Å². The number of nitrogens with one attached hydrogen (secondary N) is 1. The first-order valence-corrected chi connectivity index (χ1v) is 8.62. The lowest BCUT2D eigenvalue weighted by atomic mass is 10.1. The summed E-state index contributed by atoms with van der Waals surface area (Å²) in [5.41, 5.74) is 0.767. The third-order valence-corrected chi connectivity index (χ3v) is 4.52. The number of carboxylic acid groups (broad SMARTS) is 1. The van der Waals surface area contributed by atoms with Crippen LogP contribution in [-0.4, -0.2) is 23.6 Å². The number of carbonyl (C=O) groups excluding carboxylic acids is 1. The maximum atomic E-state index is 12.6. The second-order valence-electron chi connectivity index (χ2n) is 6.62. The molecule has 0 spiro atoms. The minimum atomic E-state index is -4.37. The van der Waals surface area contributed by atoms with Crippen LogP contribution in [-0.2, 0) is 22.3 Å². The molecule has 8 heteroatoms. The normalized spacial score (nSPS) is 18.4. The highest BCUT2D eigenvalue weighted by atomic mass is 19.4. The number of carbonyl (C=O) groups is 2. The summed E-state index contributed by atoms with van der Waals surface area (Å²) in [6.45, 7) is -0.202. The third-order valence-electron chi connectivity index (χ3n) is 4.52. The van der Waals surface area contributed by atoms with Crippen LogP contribution in [0.4, 0.5) is 13.2 Å². The minimum absolute atomic E-state index is 0.0764. The molecule has 0 saturated heterocycles. The number of alkyl halides is 3. The molecule has 5 nitrogen and oxygen atoms in total. The van der Waals surface area contributed by atoms with Crippen LogP contribution >= 0.6 is 0 Å². The zero-order valence-corrected chi connectivity index (χ0v) is 14.7. The predicted molar refractivity (Wildman–Crippen MR) is 93.7 cm³/mol. The van der Waals surface area contributed by atoms with Crippen molar-refractivity contribution in [3.8, 4) is 5.75 Å². The summed E-state index contributed by atoms with van der Waals surface area (Å²) in [6, 6.07) is 11.6. The van der Waals surface area contributed by atoms with Crippen molar-refractivity contribution in [2.45, 2.75) is 25.1 Å². The zero-order chi connectivity index (χ0) is 20.3. The molecule has 0 aliphatic heterocycles. The van der Waals surface area contributed by atoms with E-state index in [4.69, 9.17) is 9.84 Å². The molecule has 1 aliphatic rings. The van der Waals surface area contributed by atoms with E-state index in [1.54, 1.807) is 24.3 Å². The van der Waals surface area contributed by atoms with Crippen LogP contribution in [0, 0.1) is 5.92 Å². The number of benzene rings is 2. The molecule has 2 unspecified atom stereocenters. The maximum absolute atomic E-state index is 12.6. The number of carboxylic acids is 1. The first kappa shape index (κ1) is 19.7. The fraction of sp³-hybridized carbons (Fsp3) is 0.300. The van der Waals surface area contributed by atoms with Crippen LogP contribution in [0.1, 0.15) is 29.0 Å². The molecule has 1 saturated carbocycles. The molecule has 1 aliphatic carbocycles. The van der Waals surface area contributed by atoms with Gasteiger partial charge in [-0.3, -0.25) is 4.79 Å². The molecule has 0 heterocycles. The average Bonchev–Trinajstić information content (AvgIpc) is 3.45. The fourth-order valence-electron chi connectivity index (χ4n) is 2.98. The minimum Gasteiger partial charge on any atom is -0.482 e. The highest BCUT2D eigenvalue weighted by Gasteiger charge is 2.44. The zero-order valence-electron chi connectivity index (χ0n) is 14.7. The Balaban J connectivity index is 1.51. The molecular weight excluding hydrogens is 375 g/mol. The Morgan fingerprint density at radius 2 is 1.86 bits per heavy atom. The maximum Gasteiger partial charge on any atom is 0.416 e. The largest absolute Gasteiger partial charge is 0.482 e. The Morgan fingerprint density at radius 1 is 1.14 bits per heavy atom. The summed E-state index contributed by atoms with van der Waals surface area (Å²) in [7, 11) is 0.